The normalized spacial score (nSPS) is 12.1. The van der Waals surface area contributed by atoms with E-state index in [4.69, 9.17) is 23.2 Å². The standard InChI is InChI=1S/C12H12Cl2N2/c1-7(2)12-8(3-4-13)10(14)5-11-9(12)6-15-16-11/h3-7H,1-2H3,(H,15,16)/b4-3+. The number of halogens is 2. The Bertz CT molecular complexity index is 541. The van der Waals surface area contributed by atoms with Crippen molar-refractivity contribution >= 4 is 40.2 Å². The largest absolute Gasteiger partial charge is 0.278 e. The van der Waals surface area contributed by atoms with Crippen LogP contribution in [0.25, 0.3) is 17.0 Å². The molecule has 1 aromatic heterocycles. The van der Waals surface area contributed by atoms with Crippen LogP contribution in [-0.4, -0.2) is 10.2 Å². The molecule has 0 amide bonds. The zero-order valence-electron chi connectivity index (χ0n) is 9.09. The van der Waals surface area contributed by atoms with Crippen molar-refractivity contribution in [2.45, 2.75) is 19.8 Å². The van der Waals surface area contributed by atoms with Crippen molar-refractivity contribution in [1.29, 1.82) is 0 Å². The molecule has 0 radical (unpaired) electrons. The highest BCUT2D eigenvalue weighted by molar-refractivity contribution is 6.34. The van der Waals surface area contributed by atoms with Crippen LogP contribution in [0.3, 0.4) is 0 Å². The van der Waals surface area contributed by atoms with E-state index in [-0.39, 0.29) is 0 Å². The average molecular weight is 255 g/mol. The number of rotatable bonds is 2. The minimum absolute atomic E-state index is 0.363. The van der Waals surface area contributed by atoms with E-state index in [1.807, 2.05) is 18.3 Å². The molecule has 0 aliphatic carbocycles. The zero-order valence-corrected chi connectivity index (χ0v) is 10.6. The summed E-state index contributed by atoms with van der Waals surface area (Å²) in [5.41, 5.74) is 4.59. The number of aromatic nitrogens is 2. The summed E-state index contributed by atoms with van der Waals surface area (Å²) < 4.78 is 0. The van der Waals surface area contributed by atoms with Gasteiger partial charge in [0.2, 0.25) is 0 Å². The number of nitrogens with zero attached hydrogens (tertiary/aromatic N) is 1. The van der Waals surface area contributed by atoms with Gasteiger partial charge < -0.3 is 0 Å². The van der Waals surface area contributed by atoms with Gasteiger partial charge >= 0.3 is 0 Å². The minimum Gasteiger partial charge on any atom is -0.278 e. The van der Waals surface area contributed by atoms with Gasteiger partial charge in [-0.3, -0.25) is 5.10 Å². The van der Waals surface area contributed by atoms with Crippen LogP contribution in [0.4, 0.5) is 0 Å². The maximum Gasteiger partial charge on any atom is 0.0668 e. The first-order valence-electron chi connectivity index (χ1n) is 5.07. The second kappa shape index (κ2) is 4.48. The van der Waals surface area contributed by atoms with Gasteiger partial charge in [0.05, 0.1) is 16.7 Å². The molecule has 4 heteroatoms. The summed E-state index contributed by atoms with van der Waals surface area (Å²) in [4.78, 5) is 0. The van der Waals surface area contributed by atoms with Gasteiger partial charge in [0.1, 0.15) is 0 Å². The van der Waals surface area contributed by atoms with Crippen molar-refractivity contribution in [2.75, 3.05) is 0 Å². The third kappa shape index (κ3) is 1.83. The molecule has 0 atom stereocenters. The molecule has 0 bridgehead atoms. The Labute approximate surface area is 104 Å². The maximum atomic E-state index is 6.23. The average Bonchev–Trinajstić information content (AvgIpc) is 2.65. The van der Waals surface area contributed by atoms with Crippen LogP contribution in [0.2, 0.25) is 5.02 Å². The van der Waals surface area contributed by atoms with Crippen molar-refractivity contribution in [3.05, 3.63) is 33.9 Å². The Morgan fingerprint density at radius 1 is 1.44 bits per heavy atom. The Morgan fingerprint density at radius 2 is 2.19 bits per heavy atom. The molecule has 1 aromatic carbocycles. The predicted molar refractivity (Wildman–Crippen MR) is 70.1 cm³/mol. The number of nitrogens with one attached hydrogen (secondary N) is 1. The molecule has 0 unspecified atom stereocenters. The molecule has 0 saturated heterocycles. The second-order valence-corrected chi connectivity index (χ2v) is 4.62. The summed E-state index contributed by atoms with van der Waals surface area (Å²) in [6.07, 6.45) is 3.65. The number of hydrogen-bond donors (Lipinski definition) is 1. The summed E-state index contributed by atoms with van der Waals surface area (Å²) in [5, 5.41) is 8.77. The predicted octanol–water partition coefficient (Wildman–Crippen LogP) is 4.55. The monoisotopic (exact) mass is 254 g/mol. The van der Waals surface area contributed by atoms with E-state index in [1.165, 1.54) is 11.1 Å². The van der Waals surface area contributed by atoms with E-state index >= 15 is 0 Å². The number of aromatic amines is 1. The van der Waals surface area contributed by atoms with E-state index < -0.39 is 0 Å². The number of fused-ring (bicyclic) bond motifs is 1. The van der Waals surface area contributed by atoms with Crippen molar-refractivity contribution in [3.63, 3.8) is 0 Å². The highest BCUT2D eigenvalue weighted by Gasteiger charge is 2.14. The molecule has 0 saturated carbocycles. The number of benzene rings is 1. The molecule has 2 nitrogen and oxygen atoms in total. The minimum atomic E-state index is 0.363. The van der Waals surface area contributed by atoms with Crippen LogP contribution in [0.1, 0.15) is 30.9 Å². The third-order valence-electron chi connectivity index (χ3n) is 2.58. The maximum absolute atomic E-state index is 6.23. The molecule has 0 spiro atoms. The summed E-state index contributed by atoms with van der Waals surface area (Å²) in [5.74, 6) is 0.363. The van der Waals surface area contributed by atoms with Crippen LogP contribution >= 0.6 is 23.2 Å². The van der Waals surface area contributed by atoms with E-state index in [1.54, 1.807) is 0 Å². The van der Waals surface area contributed by atoms with Crippen LogP contribution in [-0.2, 0) is 0 Å². The SMILES string of the molecule is CC(C)c1c(/C=C/Cl)c(Cl)cc2[nH]ncc12. The lowest BCUT2D eigenvalue weighted by atomic mass is 9.94. The molecule has 2 aromatic rings. The first kappa shape index (κ1) is 11.5. The van der Waals surface area contributed by atoms with E-state index in [0.717, 1.165) is 16.5 Å². The summed E-state index contributed by atoms with van der Waals surface area (Å²) >= 11 is 11.9. The van der Waals surface area contributed by atoms with Crippen LogP contribution in [0.15, 0.2) is 17.8 Å². The quantitative estimate of drug-likeness (QED) is 0.837. The van der Waals surface area contributed by atoms with Crippen molar-refractivity contribution < 1.29 is 0 Å². The van der Waals surface area contributed by atoms with Gasteiger partial charge in [0.25, 0.3) is 0 Å². The van der Waals surface area contributed by atoms with E-state index in [9.17, 15) is 0 Å². The molecule has 1 heterocycles. The van der Waals surface area contributed by atoms with Gasteiger partial charge in [-0.15, -0.1) is 0 Å². The molecule has 0 aliphatic rings. The fourth-order valence-electron chi connectivity index (χ4n) is 1.95. The lowest BCUT2D eigenvalue weighted by Gasteiger charge is -2.13. The highest BCUT2D eigenvalue weighted by atomic mass is 35.5. The highest BCUT2D eigenvalue weighted by Crippen LogP contribution is 2.34. The fraction of sp³-hybridized carbons (Fsp3) is 0.250. The zero-order chi connectivity index (χ0) is 11.7. The van der Waals surface area contributed by atoms with Gasteiger partial charge in [0, 0.05) is 10.9 Å². The molecule has 84 valence electrons. The van der Waals surface area contributed by atoms with Gasteiger partial charge in [-0.25, -0.2) is 0 Å². The summed E-state index contributed by atoms with van der Waals surface area (Å²) in [6, 6.07) is 1.88. The molecular weight excluding hydrogens is 243 g/mol. The van der Waals surface area contributed by atoms with Crippen molar-refractivity contribution in [1.82, 2.24) is 10.2 Å². The van der Waals surface area contributed by atoms with Gasteiger partial charge in [-0.05, 0) is 29.2 Å². The van der Waals surface area contributed by atoms with Gasteiger partial charge in [-0.1, -0.05) is 37.0 Å². The lowest BCUT2D eigenvalue weighted by molar-refractivity contribution is 0.874. The molecule has 2 rings (SSSR count). The van der Waals surface area contributed by atoms with Crippen LogP contribution in [0, 0.1) is 0 Å². The fourth-order valence-corrected chi connectivity index (χ4v) is 2.35. The van der Waals surface area contributed by atoms with Crippen LogP contribution in [0.5, 0.6) is 0 Å². The lowest BCUT2D eigenvalue weighted by Crippen LogP contribution is -1.94. The van der Waals surface area contributed by atoms with E-state index in [2.05, 4.69) is 24.0 Å². The number of hydrogen-bond acceptors (Lipinski definition) is 1. The smallest absolute Gasteiger partial charge is 0.0668 e. The first-order chi connectivity index (χ1) is 7.65. The summed E-state index contributed by atoms with van der Waals surface area (Å²) in [7, 11) is 0. The topological polar surface area (TPSA) is 28.7 Å². The Kier molecular flexibility index (Phi) is 3.22. The third-order valence-corrected chi connectivity index (χ3v) is 3.02. The van der Waals surface area contributed by atoms with Crippen molar-refractivity contribution in [3.8, 4) is 0 Å². The molecule has 0 aliphatic heterocycles. The second-order valence-electron chi connectivity index (χ2n) is 3.96. The molecule has 0 fully saturated rings. The molecular formula is C12H12Cl2N2. The summed E-state index contributed by atoms with van der Waals surface area (Å²) in [6.45, 7) is 4.26. The molecule has 1 N–H and O–H groups in total. The van der Waals surface area contributed by atoms with E-state index in [0.29, 0.717) is 10.9 Å². The first-order valence-corrected chi connectivity index (χ1v) is 5.88. The number of H-pyrrole nitrogens is 1. The van der Waals surface area contributed by atoms with Gasteiger partial charge in [0.15, 0.2) is 0 Å². The Balaban J connectivity index is 2.84. The molecule has 16 heavy (non-hydrogen) atoms. The Morgan fingerprint density at radius 3 is 2.81 bits per heavy atom. The Hall–Kier alpha value is -0.990. The van der Waals surface area contributed by atoms with Crippen molar-refractivity contribution in [2.24, 2.45) is 0 Å². The van der Waals surface area contributed by atoms with Crippen LogP contribution < -0.4 is 0 Å². The van der Waals surface area contributed by atoms with Gasteiger partial charge in [-0.2, -0.15) is 5.10 Å².